The second kappa shape index (κ2) is 7.55. The van der Waals surface area contributed by atoms with Gasteiger partial charge in [-0.15, -0.1) is 11.3 Å². The van der Waals surface area contributed by atoms with Gasteiger partial charge in [-0.3, -0.25) is 0 Å². The normalized spacial score (nSPS) is 24.3. The van der Waals surface area contributed by atoms with Crippen LogP contribution in [0.1, 0.15) is 26.7 Å². The molecule has 4 nitrogen and oxygen atoms in total. The molecular formula is C14H23BrN2O2S2. The monoisotopic (exact) mass is 394 g/mol. The van der Waals surface area contributed by atoms with Crippen LogP contribution in [-0.4, -0.2) is 39.5 Å². The van der Waals surface area contributed by atoms with Gasteiger partial charge in [0.25, 0.3) is 0 Å². The van der Waals surface area contributed by atoms with Crippen LogP contribution >= 0.6 is 27.3 Å². The number of hydrogen-bond donors (Lipinski definition) is 1. The molecule has 0 aliphatic carbocycles. The lowest BCUT2D eigenvalue weighted by atomic mass is 9.92. The molecule has 0 saturated carbocycles. The Morgan fingerprint density at radius 3 is 2.57 bits per heavy atom. The van der Waals surface area contributed by atoms with Crippen molar-refractivity contribution in [1.29, 1.82) is 0 Å². The molecule has 1 fully saturated rings. The van der Waals surface area contributed by atoms with E-state index in [4.69, 9.17) is 0 Å². The zero-order chi connectivity index (χ0) is 15.5. The van der Waals surface area contributed by atoms with Crippen molar-refractivity contribution >= 4 is 37.3 Å². The Bertz CT molecular complexity index is 549. The number of nitrogens with zero attached hydrogens (tertiary/aromatic N) is 1. The van der Waals surface area contributed by atoms with Gasteiger partial charge < -0.3 is 4.90 Å². The molecule has 7 heteroatoms. The van der Waals surface area contributed by atoms with Crippen molar-refractivity contribution < 1.29 is 8.42 Å². The molecule has 2 heterocycles. The number of rotatable bonds is 6. The summed E-state index contributed by atoms with van der Waals surface area (Å²) >= 11 is 4.53. The van der Waals surface area contributed by atoms with Crippen molar-refractivity contribution in [2.75, 3.05) is 26.2 Å². The first-order chi connectivity index (χ1) is 9.87. The summed E-state index contributed by atoms with van der Waals surface area (Å²) in [5.41, 5.74) is 0. The topological polar surface area (TPSA) is 49.4 Å². The maximum Gasteiger partial charge on any atom is 0.250 e. The highest BCUT2D eigenvalue weighted by Crippen LogP contribution is 2.25. The fraction of sp³-hybridized carbons (Fsp3) is 0.714. The first kappa shape index (κ1) is 17.4. The molecule has 0 spiro atoms. The van der Waals surface area contributed by atoms with E-state index in [-0.39, 0.29) is 0 Å². The number of thiophene rings is 1. The average Bonchev–Trinajstić information content (AvgIpc) is 2.81. The zero-order valence-corrected chi connectivity index (χ0v) is 15.7. The summed E-state index contributed by atoms with van der Waals surface area (Å²) < 4.78 is 28.0. The molecule has 120 valence electrons. The highest BCUT2D eigenvalue weighted by molar-refractivity contribution is 9.11. The zero-order valence-electron chi connectivity index (χ0n) is 12.5. The molecule has 2 atom stereocenters. The van der Waals surface area contributed by atoms with E-state index in [0.717, 1.165) is 41.7 Å². The Hall–Kier alpha value is 0.0500. The lowest BCUT2D eigenvalue weighted by Gasteiger charge is -2.34. The van der Waals surface area contributed by atoms with E-state index in [1.807, 2.05) is 0 Å². The minimum absolute atomic E-state index is 0.370. The minimum atomic E-state index is -3.34. The predicted octanol–water partition coefficient (Wildman–Crippen LogP) is 3.16. The van der Waals surface area contributed by atoms with Gasteiger partial charge in [0.15, 0.2) is 0 Å². The smallest absolute Gasteiger partial charge is 0.250 e. The van der Waals surface area contributed by atoms with Crippen LogP contribution in [-0.2, 0) is 10.0 Å². The average molecular weight is 395 g/mol. The van der Waals surface area contributed by atoms with E-state index < -0.39 is 10.0 Å². The fourth-order valence-electron chi connectivity index (χ4n) is 3.00. The number of likely N-dealkylation sites (tertiary alicyclic amines) is 1. The van der Waals surface area contributed by atoms with Crippen LogP contribution < -0.4 is 4.72 Å². The SMILES string of the molecule is C[C@H]1C[C@H](C)CN(CCCNS(=O)(=O)c2ccc(Br)s2)C1. The minimum Gasteiger partial charge on any atom is -0.303 e. The first-order valence-electron chi connectivity index (χ1n) is 7.34. The predicted molar refractivity (Wildman–Crippen MR) is 91.2 cm³/mol. The van der Waals surface area contributed by atoms with Gasteiger partial charge in [-0.1, -0.05) is 13.8 Å². The molecule has 1 saturated heterocycles. The molecule has 0 amide bonds. The second-order valence-electron chi connectivity index (χ2n) is 6.02. The van der Waals surface area contributed by atoms with Gasteiger partial charge in [-0.25, -0.2) is 13.1 Å². The molecule has 0 aromatic carbocycles. The molecular weight excluding hydrogens is 372 g/mol. The maximum atomic E-state index is 12.1. The van der Waals surface area contributed by atoms with E-state index in [9.17, 15) is 8.42 Å². The number of piperidine rings is 1. The molecule has 0 radical (unpaired) electrons. The summed E-state index contributed by atoms with van der Waals surface area (Å²) in [6.45, 7) is 8.31. The van der Waals surface area contributed by atoms with Gasteiger partial charge in [0.05, 0.1) is 3.79 Å². The van der Waals surface area contributed by atoms with Gasteiger partial charge in [-0.05, 0) is 59.3 Å². The summed E-state index contributed by atoms with van der Waals surface area (Å²) in [5, 5.41) is 0. The third-order valence-electron chi connectivity index (χ3n) is 3.70. The lowest BCUT2D eigenvalue weighted by molar-refractivity contribution is 0.140. The quantitative estimate of drug-likeness (QED) is 0.753. The Kier molecular flexibility index (Phi) is 6.25. The van der Waals surface area contributed by atoms with Crippen molar-refractivity contribution in [3.8, 4) is 0 Å². The van der Waals surface area contributed by atoms with Crippen molar-refractivity contribution in [2.24, 2.45) is 11.8 Å². The third kappa shape index (κ3) is 5.32. The maximum absolute atomic E-state index is 12.1. The molecule has 2 rings (SSSR count). The number of hydrogen-bond acceptors (Lipinski definition) is 4. The second-order valence-corrected chi connectivity index (χ2v) is 10.5. The molecule has 1 aliphatic heterocycles. The van der Waals surface area contributed by atoms with Crippen molar-refractivity contribution in [1.82, 2.24) is 9.62 Å². The lowest BCUT2D eigenvalue weighted by Crippen LogP contribution is -2.40. The van der Waals surface area contributed by atoms with Crippen molar-refractivity contribution in [3.63, 3.8) is 0 Å². The van der Waals surface area contributed by atoms with Gasteiger partial charge >= 0.3 is 0 Å². The van der Waals surface area contributed by atoms with Crippen LogP contribution in [0.5, 0.6) is 0 Å². The fourth-order valence-corrected chi connectivity index (χ4v) is 6.13. The number of halogens is 1. The molecule has 0 bridgehead atoms. The van der Waals surface area contributed by atoms with Gasteiger partial charge in [0.2, 0.25) is 10.0 Å². The van der Waals surface area contributed by atoms with Crippen LogP contribution in [0.4, 0.5) is 0 Å². The van der Waals surface area contributed by atoms with Crippen LogP contribution in [0.2, 0.25) is 0 Å². The highest BCUT2D eigenvalue weighted by atomic mass is 79.9. The Balaban J connectivity index is 1.74. The van der Waals surface area contributed by atoms with E-state index in [0.29, 0.717) is 10.8 Å². The molecule has 1 N–H and O–H groups in total. The van der Waals surface area contributed by atoms with Crippen LogP contribution in [0, 0.1) is 11.8 Å². The largest absolute Gasteiger partial charge is 0.303 e. The van der Waals surface area contributed by atoms with Gasteiger partial charge in [0.1, 0.15) is 4.21 Å². The van der Waals surface area contributed by atoms with E-state index in [2.05, 4.69) is 39.4 Å². The van der Waals surface area contributed by atoms with E-state index >= 15 is 0 Å². The molecule has 1 aromatic heterocycles. The standard InChI is InChI=1S/C14H23BrN2O2S2/c1-11-8-12(2)10-17(9-11)7-3-6-16-21(18,19)14-5-4-13(15)20-14/h4-5,11-12,16H,3,6-10H2,1-2H3/t11-,12-/m0/s1. The van der Waals surface area contributed by atoms with Crippen LogP contribution in [0.3, 0.4) is 0 Å². The van der Waals surface area contributed by atoms with Gasteiger partial charge in [-0.2, -0.15) is 0 Å². The summed E-state index contributed by atoms with van der Waals surface area (Å²) in [6, 6.07) is 3.39. The first-order valence-corrected chi connectivity index (χ1v) is 10.4. The van der Waals surface area contributed by atoms with E-state index in [1.165, 1.54) is 17.8 Å². The molecule has 21 heavy (non-hydrogen) atoms. The molecule has 1 aromatic rings. The Labute approximate surface area is 140 Å². The summed E-state index contributed by atoms with van der Waals surface area (Å²) in [7, 11) is -3.34. The van der Waals surface area contributed by atoms with E-state index in [1.54, 1.807) is 12.1 Å². The molecule has 1 aliphatic rings. The summed E-state index contributed by atoms with van der Waals surface area (Å²) in [5.74, 6) is 1.49. The summed E-state index contributed by atoms with van der Waals surface area (Å²) in [6.07, 6.45) is 2.15. The Morgan fingerprint density at radius 1 is 1.33 bits per heavy atom. The summed E-state index contributed by atoms with van der Waals surface area (Å²) in [4.78, 5) is 2.45. The van der Waals surface area contributed by atoms with Crippen LogP contribution in [0.15, 0.2) is 20.1 Å². The van der Waals surface area contributed by atoms with Crippen LogP contribution in [0.25, 0.3) is 0 Å². The highest BCUT2D eigenvalue weighted by Gasteiger charge is 2.21. The van der Waals surface area contributed by atoms with Crippen molar-refractivity contribution in [2.45, 2.75) is 30.9 Å². The Morgan fingerprint density at radius 2 is 2.00 bits per heavy atom. The van der Waals surface area contributed by atoms with Gasteiger partial charge in [0, 0.05) is 19.6 Å². The molecule has 0 unspecified atom stereocenters. The van der Waals surface area contributed by atoms with Crippen molar-refractivity contribution in [3.05, 3.63) is 15.9 Å². The number of nitrogens with one attached hydrogen (secondary N) is 1. The number of sulfonamides is 1. The third-order valence-corrected chi connectivity index (χ3v) is 7.28.